The molecule has 1 aromatic heterocycles. The molecule has 5 nitrogen and oxygen atoms in total. The molecule has 0 radical (unpaired) electrons. The lowest BCUT2D eigenvalue weighted by Gasteiger charge is -2.21. The lowest BCUT2D eigenvalue weighted by molar-refractivity contribution is 0.0927. The summed E-state index contributed by atoms with van der Waals surface area (Å²) in [4.78, 5) is 13.5. The maximum atomic E-state index is 11.5. The van der Waals surface area contributed by atoms with Gasteiger partial charge in [0.25, 0.3) is 5.91 Å². The topological polar surface area (TPSA) is 65.7 Å². The number of hydrogen-bond acceptors (Lipinski definition) is 4. The summed E-state index contributed by atoms with van der Waals surface area (Å²) in [5.74, 6) is 0.750. The molecule has 0 aliphatic heterocycles. The number of rotatable bonds is 6. The largest absolute Gasteiger partial charge is 0.455 e. The number of aliphatic hydroxyl groups excluding tert-OH is 1. The Balaban J connectivity index is 1.98. The van der Waals surface area contributed by atoms with Crippen molar-refractivity contribution in [1.29, 1.82) is 0 Å². The molecule has 2 N–H and O–H groups in total. The van der Waals surface area contributed by atoms with Crippen LogP contribution in [-0.2, 0) is 6.54 Å². The second-order valence-electron chi connectivity index (χ2n) is 5.92. The van der Waals surface area contributed by atoms with E-state index in [2.05, 4.69) is 5.32 Å². The smallest absolute Gasteiger partial charge is 0.286 e. The number of carbonyl (C=O) groups is 1. The summed E-state index contributed by atoms with van der Waals surface area (Å²) in [6.45, 7) is 5.03. The van der Waals surface area contributed by atoms with Crippen molar-refractivity contribution in [1.82, 2.24) is 10.2 Å². The van der Waals surface area contributed by atoms with Gasteiger partial charge in [-0.2, -0.15) is 0 Å². The highest BCUT2D eigenvalue weighted by Crippen LogP contribution is 2.20. The first-order valence-electron chi connectivity index (χ1n) is 7.65. The zero-order valence-corrected chi connectivity index (χ0v) is 14.1. The van der Waals surface area contributed by atoms with Crippen LogP contribution in [0.25, 0.3) is 0 Å². The third-order valence-corrected chi connectivity index (χ3v) is 3.82. The van der Waals surface area contributed by atoms with Gasteiger partial charge in [0.1, 0.15) is 5.76 Å². The van der Waals surface area contributed by atoms with Crippen molar-refractivity contribution < 1.29 is 14.3 Å². The zero-order valence-electron chi connectivity index (χ0n) is 14.1. The van der Waals surface area contributed by atoms with Gasteiger partial charge >= 0.3 is 0 Å². The zero-order chi connectivity index (χ0) is 17.0. The summed E-state index contributed by atoms with van der Waals surface area (Å²) in [6, 6.07) is 9.52. The van der Waals surface area contributed by atoms with Gasteiger partial charge in [0.15, 0.2) is 5.76 Å². The molecule has 0 saturated carbocycles. The Morgan fingerprint density at radius 1 is 1.30 bits per heavy atom. The van der Waals surface area contributed by atoms with Crippen molar-refractivity contribution in [2.75, 3.05) is 20.6 Å². The Hall–Kier alpha value is -2.11. The molecular weight excluding hydrogens is 292 g/mol. The minimum atomic E-state index is -0.562. The molecule has 124 valence electrons. The molecule has 0 aliphatic rings. The van der Waals surface area contributed by atoms with E-state index in [-0.39, 0.29) is 5.91 Å². The normalized spacial score (nSPS) is 12.4. The van der Waals surface area contributed by atoms with Gasteiger partial charge in [0, 0.05) is 13.6 Å². The van der Waals surface area contributed by atoms with E-state index in [1.54, 1.807) is 19.2 Å². The van der Waals surface area contributed by atoms with Crippen molar-refractivity contribution in [2.24, 2.45) is 0 Å². The molecule has 1 unspecified atom stereocenters. The van der Waals surface area contributed by atoms with Gasteiger partial charge in [-0.05, 0) is 44.2 Å². The Morgan fingerprint density at radius 3 is 2.74 bits per heavy atom. The lowest BCUT2D eigenvalue weighted by Crippen LogP contribution is -2.24. The van der Waals surface area contributed by atoms with Crippen LogP contribution in [0.15, 0.2) is 34.7 Å². The second-order valence-corrected chi connectivity index (χ2v) is 5.92. The lowest BCUT2D eigenvalue weighted by atomic mass is 10.0. The Labute approximate surface area is 136 Å². The highest BCUT2D eigenvalue weighted by molar-refractivity contribution is 5.91. The quantitative estimate of drug-likeness (QED) is 0.859. The number of likely N-dealkylation sites (N-methyl/N-ethyl adjacent to an activating group) is 1. The first kappa shape index (κ1) is 17.2. The fourth-order valence-corrected chi connectivity index (χ4v) is 2.55. The van der Waals surface area contributed by atoms with E-state index in [4.69, 9.17) is 4.42 Å². The molecule has 0 fully saturated rings. The maximum Gasteiger partial charge on any atom is 0.286 e. The predicted molar refractivity (Wildman–Crippen MR) is 89.3 cm³/mol. The van der Waals surface area contributed by atoms with Crippen molar-refractivity contribution in [3.8, 4) is 0 Å². The van der Waals surface area contributed by atoms with Crippen molar-refractivity contribution >= 4 is 5.91 Å². The Morgan fingerprint density at radius 2 is 2.04 bits per heavy atom. The monoisotopic (exact) mass is 316 g/mol. The molecule has 0 bridgehead atoms. The van der Waals surface area contributed by atoms with Crippen LogP contribution < -0.4 is 5.32 Å². The number of hydrogen-bond donors (Lipinski definition) is 2. The molecule has 1 heterocycles. The summed E-state index contributed by atoms with van der Waals surface area (Å²) in [5, 5.41) is 13.0. The van der Waals surface area contributed by atoms with Crippen LogP contribution in [0.1, 0.15) is 39.1 Å². The number of furan rings is 1. The fraction of sp³-hybridized carbons (Fsp3) is 0.389. The van der Waals surface area contributed by atoms with Crippen molar-refractivity contribution in [2.45, 2.75) is 26.5 Å². The summed E-state index contributed by atoms with van der Waals surface area (Å²) in [6.07, 6.45) is -0.562. The number of benzene rings is 1. The number of nitrogens with zero attached hydrogens (tertiary/aromatic N) is 1. The van der Waals surface area contributed by atoms with Crippen LogP contribution in [0.5, 0.6) is 0 Å². The van der Waals surface area contributed by atoms with E-state index in [9.17, 15) is 9.90 Å². The number of amides is 1. The molecule has 0 saturated heterocycles. The summed E-state index contributed by atoms with van der Waals surface area (Å²) in [5.41, 5.74) is 3.16. The second kappa shape index (κ2) is 7.44. The average Bonchev–Trinajstić information content (AvgIpc) is 2.97. The van der Waals surface area contributed by atoms with Crippen LogP contribution in [-0.4, -0.2) is 36.6 Å². The minimum Gasteiger partial charge on any atom is -0.455 e. The van der Waals surface area contributed by atoms with Crippen molar-refractivity contribution in [3.05, 3.63) is 58.5 Å². The van der Waals surface area contributed by atoms with Crippen LogP contribution in [0.3, 0.4) is 0 Å². The van der Waals surface area contributed by atoms with Gasteiger partial charge in [-0.1, -0.05) is 23.8 Å². The molecule has 23 heavy (non-hydrogen) atoms. The number of aliphatic hydroxyl groups is 1. The highest BCUT2D eigenvalue weighted by Gasteiger charge is 2.15. The molecule has 5 heteroatoms. The van der Waals surface area contributed by atoms with Gasteiger partial charge in [0.05, 0.1) is 12.6 Å². The average molecular weight is 316 g/mol. The number of aryl methyl sites for hydroxylation is 2. The molecule has 2 aromatic rings. The SMILES string of the molecule is CNC(=O)c1ccc(CN(C)CC(O)c2cc(C)ccc2C)o1. The van der Waals surface area contributed by atoms with Gasteiger partial charge in [-0.3, -0.25) is 9.69 Å². The third kappa shape index (κ3) is 4.43. The van der Waals surface area contributed by atoms with Gasteiger partial charge in [-0.25, -0.2) is 0 Å². The molecule has 0 spiro atoms. The van der Waals surface area contributed by atoms with E-state index in [1.165, 1.54) is 0 Å². The predicted octanol–water partition coefficient (Wildman–Crippen LogP) is 2.42. The summed E-state index contributed by atoms with van der Waals surface area (Å²) < 4.78 is 5.50. The van der Waals surface area contributed by atoms with Crippen LogP contribution in [0.4, 0.5) is 0 Å². The Kier molecular flexibility index (Phi) is 5.58. The molecule has 2 rings (SSSR count). The minimum absolute atomic E-state index is 0.241. The first-order chi connectivity index (χ1) is 10.9. The van der Waals surface area contributed by atoms with E-state index in [0.29, 0.717) is 24.6 Å². The molecule has 1 amide bonds. The molecule has 0 aliphatic carbocycles. The van der Waals surface area contributed by atoms with Crippen molar-refractivity contribution in [3.63, 3.8) is 0 Å². The van der Waals surface area contributed by atoms with E-state index in [1.807, 2.05) is 44.0 Å². The fourth-order valence-electron chi connectivity index (χ4n) is 2.55. The number of nitrogens with one attached hydrogen (secondary N) is 1. The molecule has 1 aromatic carbocycles. The standard InChI is InChI=1S/C18H24N2O3/c1-12-5-6-13(2)15(9-12)16(21)11-20(4)10-14-7-8-17(23-14)18(22)19-3/h5-9,16,21H,10-11H2,1-4H3,(H,19,22). The van der Waals surface area contributed by atoms with Crippen LogP contribution >= 0.6 is 0 Å². The van der Waals surface area contributed by atoms with Crippen LogP contribution in [0, 0.1) is 13.8 Å². The van der Waals surface area contributed by atoms with Gasteiger partial charge in [-0.15, -0.1) is 0 Å². The molecular formula is C18H24N2O3. The number of carbonyl (C=O) groups excluding carboxylic acids is 1. The van der Waals surface area contributed by atoms with E-state index in [0.717, 1.165) is 16.7 Å². The summed E-state index contributed by atoms with van der Waals surface area (Å²) in [7, 11) is 3.48. The van der Waals surface area contributed by atoms with Gasteiger partial charge < -0.3 is 14.8 Å². The van der Waals surface area contributed by atoms with E-state index >= 15 is 0 Å². The first-order valence-corrected chi connectivity index (χ1v) is 7.65. The molecule has 1 atom stereocenters. The summed E-state index contributed by atoms with van der Waals surface area (Å²) >= 11 is 0. The third-order valence-electron chi connectivity index (χ3n) is 3.82. The highest BCUT2D eigenvalue weighted by atomic mass is 16.4. The van der Waals surface area contributed by atoms with E-state index < -0.39 is 6.10 Å². The maximum absolute atomic E-state index is 11.5. The van der Waals surface area contributed by atoms with Crippen LogP contribution in [0.2, 0.25) is 0 Å². The Bertz CT molecular complexity index is 679. The van der Waals surface area contributed by atoms with Gasteiger partial charge in [0.2, 0.25) is 0 Å².